The molecule has 0 saturated heterocycles. The molecule has 0 amide bonds. The van der Waals surface area contributed by atoms with Crippen molar-refractivity contribution in [3.63, 3.8) is 0 Å². The molecule has 0 aliphatic heterocycles. The molecule has 0 atom stereocenters. The molecule has 2 aromatic carbocycles. The summed E-state index contributed by atoms with van der Waals surface area (Å²) in [6.45, 7) is 0. The number of rotatable bonds is 3. The van der Waals surface area contributed by atoms with E-state index in [2.05, 4.69) is 5.32 Å². The molecule has 0 fully saturated rings. The van der Waals surface area contributed by atoms with Crippen molar-refractivity contribution >= 4 is 46.9 Å². The van der Waals surface area contributed by atoms with Crippen molar-refractivity contribution in [3.05, 3.63) is 59.7 Å². The van der Waals surface area contributed by atoms with Crippen molar-refractivity contribution in [2.45, 2.75) is 6.18 Å². The fourth-order valence-corrected chi connectivity index (χ4v) is 1.71. The molecule has 0 saturated carbocycles. The van der Waals surface area contributed by atoms with E-state index in [4.69, 9.17) is 5.11 Å². The van der Waals surface area contributed by atoms with Crippen LogP contribution in [-0.4, -0.2) is 40.6 Å². The van der Waals surface area contributed by atoms with Gasteiger partial charge in [0.2, 0.25) is 0 Å². The second kappa shape index (κ2) is 6.98. The Hall–Kier alpha value is -1.50. The van der Waals surface area contributed by atoms with E-state index in [-0.39, 0.29) is 46.5 Å². The summed E-state index contributed by atoms with van der Waals surface area (Å²) in [5.41, 5.74) is -0.395. The van der Waals surface area contributed by atoms with Crippen LogP contribution in [0.5, 0.6) is 0 Å². The van der Waals surface area contributed by atoms with Crippen molar-refractivity contribution in [2.75, 3.05) is 5.32 Å². The van der Waals surface area contributed by atoms with Crippen LogP contribution in [0.1, 0.15) is 15.9 Å². The van der Waals surface area contributed by atoms with E-state index in [1.807, 2.05) is 0 Å². The number of benzene rings is 2. The Morgan fingerprint density at radius 2 is 1.71 bits per heavy atom. The van der Waals surface area contributed by atoms with Crippen LogP contribution in [0, 0.1) is 0 Å². The molecular weight excluding hydrogens is 294 g/mol. The van der Waals surface area contributed by atoms with E-state index in [1.54, 1.807) is 12.1 Å². The van der Waals surface area contributed by atoms with Gasteiger partial charge in [-0.1, -0.05) is 18.2 Å². The monoisotopic (exact) mass is 305 g/mol. The van der Waals surface area contributed by atoms with Crippen molar-refractivity contribution in [2.24, 2.45) is 0 Å². The predicted octanol–water partition coefficient (Wildman–Crippen LogP) is 3.50. The zero-order valence-corrected chi connectivity index (χ0v) is 10.1. The first kappa shape index (κ1) is 17.6. The number of carboxylic acid groups (broad SMARTS) is 1. The van der Waals surface area contributed by atoms with Gasteiger partial charge >= 0.3 is 41.7 Å². The van der Waals surface area contributed by atoms with Gasteiger partial charge in [0.1, 0.15) is 0 Å². The molecule has 21 heavy (non-hydrogen) atoms. The van der Waals surface area contributed by atoms with Gasteiger partial charge < -0.3 is 10.4 Å². The number of alkyl halides is 3. The molecule has 0 aliphatic rings. The van der Waals surface area contributed by atoms with E-state index in [0.717, 1.165) is 12.1 Å². The minimum absolute atomic E-state index is 0. The molecule has 7 heteroatoms. The van der Waals surface area contributed by atoms with Crippen molar-refractivity contribution in [3.8, 4) is 0 Å². The van der Waals surface area contributed by atoms with Crippen molar-refractivity contribution < 1.29 is 23.1 Å². The number of carboxylic acids is 1. The van der Waals surface area contributed by atoms with E-state index < -0.39 is 17.7 Å². The minimum atomic E-state index is -4.44. The first-order valence-corrected chi connectivity index (χ1v) is 5.64. The summed E-state index contributed by atoms with van der Waals surface area (Å²) in [4.78, 5) is 11.0. The first-order valence-electron chi connectivity index (χ1n) is 5.64. The molecule has 2 rings (SSSR count). The molecule has 0 bridgehead atoms. The average Bonchev–Trinajstić information content (AvgIpc) is 2.38. The zero-order chi connectivity index (χ0) is 14.8. The van der Waals surface area contributed by atoms with Crippen LogP contribution in [0.4, 0.5) is 24.5 Å². The topological polar surface area (TPSA) is 49.3 Å². The molecule has 0 unspecified atom stereocenters. The quantitative estimate of drug-likeness (QED) is 0.853. The van der Waals surface area contributed by atoms with Crippen LogP contribution in [0.25, 0.3) is 0 Å². The van der Waals surface area contributed by atoms with Crippen LogP contribution < -0.4 is 5.32 Å². The molecule has 0 aromatic heterocycles. The molecular formula is C14H11F3NNaO2. The van der Waals surface area contributed by atoms with Crippen LogP contribution >= 0.6 is 0 Å². The van der Waals surface area contributed by atoms with Gasteiger partial charge in [-0.3, -0.25) is 0 Å². The molecule has 3 nitrogen and oxygen atoms in total. The van der Waals surface area contributed by atoms with Crippen LogP contribution in [-0.2, 0) is 6.18 Å². The van der Waals surface area contributed by atoms with Gasteiger partial charge in [-0.05, 0) is 30.3 Å². The van der Waals surface area contributed by atoms with Crippen molar-refractivity contribution in [1.82, 2.24) is 0 Å². The van der Waals surface area contributed by atoms with Crippen LogP contribution in [0.15, 0.2) is 48.5 Å². The number of carbonyl (C=O) groups is 1. The van der Waals surface area contributed by atoms with Crippen LogP contribution in [0.3, 0.4) is 0 Å². The fourth-order valence-electron chi connectivity index (χ4n) is 1.71. The molecule has 106 valence electrons. The third-order valence-corrected chi connectivity index (χ3v) is 2.63. The van der Waals surface area contributed by atoms with E-state index in [1.165, 1.54) is 24.3 Å². The number of nitrogens with one attached hydrogen (secondary N) is 1. The van der Waals surface area contributed by atoms with Gasteiger partial charge in [0.25, 0.3) is 0 Å². The summed E-state index contributed by atoms with van der Waals surface area (Å²) >= 11 is 0. The Balaban J connectivity index is 0.00000220. The third-order valence-electron chi connectivity index (χ3n) is 2.63. The SMILES string of the molecule is O=C(O)c1ccccc1Nc1cccc(C(F)(F)F)c1.[NaH]. The van der Waals surface area contributed by atoms with Gasteiger partial charge in [0.15, 0.2) is 0 Å². The molecule has 0 heterocycles. The zero-order valence-electron chi connectivity index (χ0n) is 10.1. The fraction of sp³-hybridized carbons (Fsp3) is 0.0714. The van der Waals surface area contributed by atoms with Gasteiger partial charge in [0.05, 0.1) is 16.8 Å². The van der Waals surface area contributed by atoms with Gasteiger partial charge in [0, 0.05) is 5.69 Å². The maximum absolute atomic E-state index is 12.6. The summed E-state index contributed by atoms with van der Waals surface area (Å²) < 4.78 is 37.8. The third kappa shape index (κ3) is 4.49. The predicted molar refractivity (Wildman–Crippen MR) is 75.3 cm³/mol. The number of anilines is 2. The number of aromatic carboxylic acids is 1. The summed E-state index contributed by atoms with van der Waals surface area (Å²) in [7, 11) is 0. The second-order valence-corrected chi connectivity index (χ2v) is 4.05. The summed E-state index contributed by atoms with van der Waals surface area (Å²) in [6.07, 6.45) is -4.44. The average molecular weight is 305 g/mol. The van der Waals surface area contributed by atoms with E-state index >= 15 is 0 Å². The van der Waals surface area contributed by atoms with Gasteiger partial charge in [-0.15, -0.1) is 0 Å². The summed E-state index contributed by atoms with van der Waals surface area (Å²) in [6, 6.07) is 10.6. The van der Waals surface area contributed by atoms with E-state index in [9.17, 15) is 18.0 Å². The molecule has 0 radical (unpaired) electrons. The molecule has 2 N–H and O–H groups in total. The van der Waals surface area contributed by atoms with E-state index in [0.29, 0.717) is 0 Å². The summed E-state index contributed by atoms with van der Waals surface area (Å²) in [5.74, 6) is -1.15. The number of halogens is 3. The standard InChI is InChI=1S/C14H10F3NO2.Na.H/c15-14(16,17)9-4-3-5-10(8-9)18-12-7-2-1-6-11(12)13(19)20;;/h1-8,18H,(H,19,20);;. The number of hydrogen-bond donors (Lipinski definition) is 2. The Morgan fingerprint density at radius 3 is 2.33 bits per heavy atom. The molecule has 0 aliphatic carbocycles. The maximum atomic E-state index is 12.6. The van der Waals surface area contributed by atoms with Crippen LogP contribution in [0.2, 0.25) is 0 Å². The van der Waals surface area contributed by atoms with Gasteiger partial charge in [-0.25, -0.2) is 4.79 Å². The second-order valence-electron chi connectivity index (χ2n) is 4.05. The Morgan fingerprint density at radius 1 is 1.05 bits per heavy atom. The molecule has 0 spiro atoms. The Labute approximate surface area is 141 Å². The Bertz CT molecular complexity index is 644. The number of para-hydroxylation sites is 1. The summed E-state index contributed by atoms with van der Waals surface area (Å²) in [5, 5.41) is 11.7. The van der Waals surface area contributed by atoms with Crippen molar-refractivity contribution in [1.29, 1.82) is 0 Å². The normalized spacial score (nSPS) is 10.6. The van der Waals surface area contributed by atoms with Gasteiger partial charge in [-0.2, -0.15) is 13.2 Å². The Kier molecular flexibility index (Phi) is 5.83. The number of hydrogen-bond acceptors (Lipinski definition) is 2. The first-order chi connectivity index (χ1) is 9.38. The molecule has 2 aromatic rings.